The largest absolute Gasteiger partial charge is 0.366 e. The van der Waals surface area contributed by atoms with Crippen LogP contribution in [0, 0.1) is 6.92 Å². The number of primary sulfonamides is 1. The monoisotopic (exact) mass is 520 g/mol. The van der Waals surface area contributed by atoms with Gasteiger partial charge in [-0.1, -0.05) is 31.4 Å². The topological polar surface area (TPSA) is 140 Å². The van der Waals surface area contributed by atoms with Crippen LogP contribution in [0.1, 0.15) is 43.2 Å². The molecule has 0 spiro atoms. The molecule has 2 aromatic carbocycles. The fraction of sp³-hybridized carbons (Fsp3) is 0.346. The van der Waals surface area contributed by atoms with Gasteiger partial charge in [-0.25, -0.2) is 23.5 Å². The minimum atomic E-state index is -3.82. The summed E-state index contributed by atoms with van der Waals surface area (Å²) in [6.45, 7) is 2.26. The third kappa shape index (κ3) is 5.83. The Morgan fingerprint density at radius 2 is 1.86 bits per heavy atom. The van der Waals surface area contributed by atoms with Crippen molar-refractivity contribution in [1.29, 1.82) is 0 Å². The summed E-state index contributed by atoms with van der Waals surface area (Å²) in [5.74, 6) is 1.89. The fourth-order valence-electron chi connectivity index (χ4n) is 4.74. The Hall–Kier alpha value is -3.70. The molecule has 4 aromatic rings. The van der Waals surface area contributed by atoms with Crippen molar-refractivity contribution in [2.24, 2.45) is 12.2 Å². The van der Waals surface area contributed by atoms with Crippen molar-refractivity contribution >= 4 is 44.5 Å². The van der Waals surface area contributed by atoms with Crippen molar-refractivity contribution < 1.29 is 8.42 Å². The lowest BCUT2D eigenvalue weighted by atomic mass is 9.96. The molecule has 0 radical (unpaired) electrons. The number of imidazole rings is 1. The third-order valence-corrected chi connectivity index (χ3v) is 7.82. The molecule has 2 aromatic heterocycles. The number of anilines is 4. The molecule has 0 unspecified atom stereocenters. The summed E-state index contributed by atoms with van der Waals surface area (Å²) >= 11 is 0. The zero-order valence-electron chi connectivity index (χ0n) is 21.0. The van der Waals surface area contributed by atoms with Crippen LogP contribution in [0.25, 0.3) is 11.0 Å². The minimum absolute atomic E-state index is 0.0637. The smallest absolute Gasteiger partial charge is 0.238 e. The van der Waals surface area contributed by atoms with E-state index < -0.39 is 10.0 Å². The first-order chi connectivity index (χ1) is 17.8. The van der Waals surface area contributed by atoms with Crippen LogP contribution in [0.2, 0.25) is 0 Å². The van der Waals surface area contributed by atoms with Crippen molar-refractivity contribution in [2.45, 2.75) is 56.5 Å². The van der Waals surface area contributed by atoms with Gasteiger partial charge >= 0.3 is 0 Å². The zero-order valence-corrected chi connectivity index (χ0v) is 21.8. The molecule has 2 heterocycles. The van der Waals surface area contributed by atoms with Crippen molar-refractivity contribution in [2.75, 3.05) is 16.0 Å². The maximum absolute atomic E-state index is 11.8. The number of sulfonamides is 1. The minimum Gasteiger partial charge on any atom is -0.366 e. The van der Waals surface area contributed by atoms with Crippen LogP contribution in [0.5, 0.6) is 0 Å². The van der Waals surface area contributed by atoms with E-state index in [1.54, 1.807) is 31.3 Å². The first kappa shape index (κ1) is 25.0. The number of nitrogens with zero attached hydrogens (tertiary/aromatic N) is 4. The van der Waals surface area contributed by atoms with Gasteiger partial charge in [0.15, 0.2) is 0 Å². The molecule has 1 aliphatic carbocycles. The Labute approximate surface area is 216 Å². The summed E-state index contributed by atoms with van der Waals surface area (Å²) in [7, 11) is -1.77. The number of rotatable bonds is 8. The number of nitrogens with two attached hydrogens (primary N) is 1. The molecular weight excluding hydrogens is 488 g/mol. The molecule has 5 rings (SSSR count). The number of aryl methyl sites for hydroxylation is 2. The van der Waals surface area contributed by atoms with Crippen molar-refractivity contribution in [3.05, 3.63) is 59.8 Å². The van der Waals surface area contributed by atoms with Crippen molar-refractivity contribution in [3.8, 4) is 0 Å². The molecule has 0 amide bonds. The zero-order chi connectivity index (χ0) is 26.0. The molecule has 0 bridgehead atoms. The van der Waals surface area contributed by atoms with Crippen LogP contribution in [-0.4, -0.2) is 34.0 Å². The van der Waals surface area contributed by atoms with Gasteiger partial charge < -0.3 is 20.5 Å². The lowest BCUT2D eigenvalue weighted by Crippen LogP contribution is -2.23. The van der Waals surface area contributed by atoms with Gasteiger partial charge in [-0.05, 0) is 61.2 Å². The summed E-state index contributed by atoms with van der Waals surface area (Å²) in [5, 5.41) is 15.3. The lowest BCUT2D eigenvalue weighted by Gasteiger charge is -2.23. The van der Waals surface area contributed by atoms with Crippen LogP contribution in [-0.2, 0) is 23.6 Å². The summed E-state index contributed by atoms with van der Waals surface area (Å²) in [5.41, 5.74) is 4.23. The average Bonchev–Trinajstić information content (AvgIpc) is 3.18. The van der Waals surface area contributed by atoms with E-state index in [2.05, 4.69) is 48.7 Å². The summed E-state index contributed by atoms with van der Waals surface area (Å²) in [4.78, 5) is 13.7. The Morgan fingerprint density at radius 3 is 2.65 bits per heavy atom. The standard InChI is InChI=1S/C26H32N8O2S/c1-17-8-10-20(15-23(17)37(27,35)36)30-25-28-13-12-24(33-25)29-16-18-9-11-22-21(14-18)32-26(34(22)2)31-19-6-4-3-5-7-19/h8-15,19H,3-7,16H2,1-2H3,(H,31,32)(H2,27,35,36)(H2,28,29,30,33). The van der Waals surface area contributed by atoms with Gasteiger partial charge in [-0.2, -0.15) is 4.98 Å². The molecule has 194 valence electrons. The Morgan fingerprint density at radius 1 is 1.05 bits per heavy atom. The SMILES string of the molecule is Cc1ccc(Nc2nccc(NCc3ccc4c(c3)nc(NC3CCCCC3)n4C)n2)cc1S(N)(=O)=O. The second-order valence-electron chi connectivity index (χ2n) is 9.57. The van der Waals surface area contributed by atoms with Crippen molar-refractivity contribution in [3.63, 3.8) is 0 Å². The first-order valence-electron chi connectivity index (χ1n) is 12.5. The molecule has 5 N–H and O–H groups in total. The van der Waals surface area contributed by atoms with Gasteiger partial charge in [-0.15, -0.1) is 0 Å². The number of fused-ring (bicyclic) bond motifs is 1. The molecular formula is C26H32N8O2S. The van der Waals surface area contributed by atoms with E-state index in [1.165, 1.54) is 38.2 Å². The van der Waals surface area contributed by atoms with E-state index in [0.717, 1.165) is 22.5 Å². The lowest BCUT2D eigenvalue weighted by molar-refractivity contribution is 0.460. The van der Waals surface area contributed by atoms with E-state index in [1.807, 2.05) is 7.05 Å². The molecule has 0 saturated heterocycles. The van der Waals surface area contributed by atoms with Crippen molar-refractivity contribution in [1.82, 2.24) is 19.5 Å². The predicted molar refractivity (Wildman–Crippen MR) is 146 cm³/mol. The Bertz CT molecular complexity index is 1530. The van der Waals surface area contributed by atoms with Crippen LogP contribution < -0.4 is 21.1 Å². The Kier molecular flexibility index (Phi) is 6.98. The molecule has 11 heteroatoms. The first-order valence-corrected chi connectivity index (χ1v) is 14.0. The second kappa shape index (κ2) is 10.3. The highest BCUT2D eigenvalue weighted by atomic mass is 32.2. The quantitative estimate of drug-likeness (QED) is 0.268. The fourth-order valence-corrected chi connectivity index (χ4v) is 5.55. The van der Waals surface area contributed by atoms with E-state index in [9.17, 15) is 8.42 Å². The van der Waals surface area contributed by atoms with Crippen LogP contribution in [0.4, 0.5) is 23.4 Å². The van der Waals surface area contributed by atoms with Crippen LogP contribution in [0.3, 0.4) is 0 Å². The van der Waals surface area contributed by atoms with Crippen LogP contribution >= 0.6 is 0 Å². The van der Waals surface area contributed by atoms with Gasteiger partial charge in [0, 0.05) is 31.5 Å². The predicted octanol–water partition coefficient (Wildman–Crippen LogP) is 4.42. The average molecular weight is 521 g/mol. The van der Waals surface area contributed by atoms with Gasteiger partial charge in [-0.3, -0.25) is 0 Å². The second-order valence-corrected chi connectivity index (χ2v) is 11.1. The highest BCUT2D eigenvalue weighted by Gasteiger charge is 2.17. The van der Waals surface area contributed by atoms with E-state index in [-0.39, 0.29) is 4.90 Å². The van der Waals surface area contributed by atoms with Gasteiger partial charge in [0.25, 0.3) is 0 Å². The number of nitrogens with one attached hydrogen (secondary N) is 3. The number of benzene rings is 2. The molecule has 10 nitrogen and oxygen atoms in total. The van der Waals surface area contributed by atoms with E-state index in [0.29, 0.717) is 35.6 Å². The van der Waals surface area contributed by atoms with Crippen LogP contribution in [0.15, 0.2) is 53.6 Å². The molecule has 0 atom stereocenters. The molecule has 1 aliphatic rings. The maximum atomic E-state index is 11.8. The Balaban J connectivity index is 1.26. The van der Waals surface area contributed by atoms with E-state index >= 15 is 0 Å². The summed E-state index contributed by atoms with van der Waals surface area (Å²) < 4.78 is 25.8. The number of aromatic nitrogens is 4. The highest BCUT2D eigenvalue weighted by Crippen LogP contribution is 2.25. The van der Waals surface area contributed by atoms with Gasteiger partial charge in [0.2, 0.25) is 21.9 Å². The number of hydrogen-bond donors (Lipinski definition) is 4. The summed E-state index contributed by atoms with van der Waals surface area (Å²) in [6, 6.07) is 13.5. The number of hydrogen-bond acceptors (Lipinski definition) is 8. The third-order valence-electron chi connectivity index (χ3n) is 6.76. The van der Waals surface area contributed by atoms with Gasteiger partial charge in [0.05, 0.1) is 15.9 Å². The molecule has 1 fully saturated rings. The molecule has 1 saturated carbocycles. The van der Waals surface area contributed by atoms with E-state index in [4.69, 9.17) is 10.1 Å². The molecule has 0 aliphatic heterocycles. The maximum Gasteiger partial charge on any atom is 0.238 e. The summed E-state index contributed by atoms with van der Waals surface area (Å²) in [6.07, 6.45) is 7.92. The van der Waals surface area contributed by atoms with Gasteiger partial charge in [0.1, 0.15) is 5.82 Å². The normalized spacial score (nSPS) is 14.6. The molecule has 37 heavy (non-hydrogen) atoms. The highest BCUT2D eigenvalue weighted by molar-refractivity contribution is 7.89.